The summed E-state index contributed by atoms with van der Waals surface area (Å²) < 4.78 is 5.95. The van der Waals surface area contributed by atoms with E-state index in [1.807, 2.05) is 23.1 Å². The summed E-state index contributed by atoms with van der Waals surface area (Å²) in [5.41, 5.74) is 3.00. The minimum absolute atomic E-state index is 0.0429. The zero-order chi connectivity index (χ0) is 17.8. The smallest absolute Gasteiger partial charge is 0.317 e. The average molecular weight is 355 g/mol. The SMILES string of the molecule is O=C(NCc1cc(C2CC2)n[nH]1)N1CCC[C@@H](OCc2ccccn2)C1. The molecule has 2 N–H and O–H groups in total. The van der Waals surface area contributed by atoms with Crippen molar-refractivity contribution in [2.45, 2.75) is 50.9 Å². The molecule has 1 saturated heterocycles. The number of nitrogens with one attached hydrogen (secondary N) is 2. The van der Waals surface area contributed by atoms with Crippen molar-refractivity contribution < 1.29 is 9.53 Å². The molecule has 0 spiro atoms. The van der Waals surface area contributed by atoms with Crippen LogP contribution in [0.15, 0.2) is 30.5 Å². The van der Waals surface area contributed by atoms with Crippen LogP contribution in [0.5, 0.6) is 0 Å². The molecule has 0 radical (unpaired) electrons. The van der Waals surface area contributed by atoms with Gasteiger partial charge in [0.15, 0.2) is 0 Å². The quantitative estimate of drug-likeness (QED) is 0.834. The van der Waals surface area contributed by atoms with Gasteiger partial charge in [0.1, 0.15) is 0 Å². The summed E-state index contributed by atoms with van der Waals surface area (Å²) in [5.74, 6) is 0.620. The number of amides is 2. The standard InChI is InChI=1S/C19H25N5O2/c25-19(21-11-16-10-18(23-22-16)14-6-7-14)24-9-3-5-17(12-24)26-13-15-4-1-2-8-20-15/h1-2,4,8,10,14,17H,3,5-7,9,11-13H2,(H,21,25)(H,22,23)/t17-/m1/s1. The molecule has 1 aliphatic carbocycles. The largest absolute Gasteiger partial charge is 0.370 e. The van der Waals surface area contributed by atoms with E-state index in [1.165, 1.54) is 12.8 Å². The Labute approximate surface area is 153 Å². The predicted molar refractivity (Wildman–Crippen MR) is 96.4 cm³/mol. The zero-order valence-electron chi connectivity index (χ0n) is 14.9. The molecule has 4 rings (SSSR count). The molecule has 26 heavy (non-hydrogen) atoms. The van der Waals surface area contributed by atoms with Gasteiger partial charge >= 0.3 is 6.03 Å². The van der Waals surface area contributed by atoms with Gasteiger partial charge in [-0.15, -0.1) is 0 Å². The van der Waals surface area contributed by atoms with Gasteiger partial charge < -0.3 is 15.0 Å². The summed E-state index contributed by atoms with van der Waals surface area (Å²) in [6.07, 6.45) is 6.21. The predicted octanol–water partition coefficient (Wildman–Crippen LogP) is 2.57. The molecule has 2 amide bonds. The molecule has 0 unspecified atom stereocenters. The second kappa shape index (κ2) is 7.86. The van der Waals surface area contributed by atoms with Crippen LogP contribution in [0.1, 0.15) is 48.7 Å². The van der Waals surface area contributed by atoms with Crippen molar-refractivity contribution in [1.29, 1.82) is 0 Å². The average Bonchev–Trinajstić information content (AvgIpc) is 3.44. The Morgan fingerprint density at radius 3 is 3.08 bits per heavy atom. The molecule has 2 aromatic heterocycles. The van der Waals surface area contributed by atoms with Crippen molar-refractivity contribution in [3.63, 3.8) is 0 Å². The minimum atomic E-state index is -0.0429. The van der Waals surface area contributed by atoms with E-state index in [-0.39, 0.29) is 12.1 Å². The number of likely N-dealkylation sites (tertiary alicyclic amines) is 1. The molecule has 2 aromatic rings. The number of pyridine rings is 1. The highest BCUT2D eigenvalue weighted by molar-refractivity contribution is 5.74. The van der Waals surface area contributed by atoms with Crippen LogP contribution in [0, 0.1) is 0 Å². The molecule has 1 saturated carbocycles. The van der Waals surface area contributed by atoms with Crippen LogP contribution in [-0.2, 0) is 17.9 Å². The summed E-state index contributed by atoms with van der Waals surface area (Å²) in [6.45, 7) is 2.36. The Kier molecular flexibility index (Phi) is 5.15. The van der Waals surface area contributed by atoms with E-state index >= 15 is 0 Å². The van der Waals surface area contributed by atoms with Crippen LogP contribution in [0.2, 0.25) is 0 Å². The third kappa shape index (κ3) is 4.40. The monoisotopic (exact) mass is 355 g/mol. The van der Waals surface area contributed by atoms with E-state index < -0.39 is 0 Å². The van der Waals surface area contributed by atoms with E-state index in [0.717, 1.165) is 36.5 Å². The van der Waals surface area contributed by atoms with Gasteiger partial charge in [-0.3, -0.25) is 10.1 Å². The Morgan fingerprint density at radius 2 is 2.27 bits per heavy atom. The Bertz CT molecular complexity index is 729. The summed E-state index contributed by atoms with van der Waals surface area (Å²) in [5, 5.41) is 10.3. The van der Waals surface area contributed by atoms with Crippen LogP contribution in [0.25, 0.3) is 0 Å². The molecule has 1 aliphatic heterocycles. The number of piperidine rings is 1. The molecule has 7 nitrogen and oxygen atoms in total. The van der Waals surface area contributed by atoms with Gasteiger partial charge in [0.25, 0.3) is 0 Å². The van der Waals surface area contributed by atoms with Crippen molar-refractivity contribution in [3.8, 4) is 0 Å². The topological polar surface area (TPSA) is 83.1 Å². The van der Waals surface area contributed by atoms with Gasteiger partial charge in [-0.25, -0.2) is 4.79 Å². The van der Waals surface area contributed by atoms with Crippen LogP contribution in [-0.4, -0.2) is 45.3 Å². The maximum Gasteiger partial charge on any atom is 0.317 e. The van der Waals surface area contributed by atoms with Gasteiger partial charge in [-0.2, -0.15) is 5.10 Å². The number of hydrogen-bond donors (Lipinski definition) is 2. The number of ether oxygens (including phenoxy) is 1. The number of carbonyl (C=O) groups is 1. The van der Waals surface area contributed by atoms with E-state index in [1.54, 1.807) is 6.20 Å². The number of nitrogens with zero attached hydrogens (tertiary/aromatic N) is 3. The lowest BCUT2D eigenvalue weighted by Crippen LogP contribution is -2.47. The van der Waals surface area contributed by atoms with Gasteiger partial charge in [-0.05, 0) is 43.9 Å². The van der Waals surface area contributed by atoms with Crippen LogP contribution in [0.4, 0.5) is 4.79 Å². The molecule has 3 heterocycles. The summed E-state index contributed by atoms with van der Waals surface area (Å²) in [7, 11) is 0. The molecule has 7 heteroatoms. The van der Waals surface area contributed by atoms with Crippen LogP contribution >= 0.6 is 0 Å². The maximum absolute atomic E-state index is 12.5. The fraction of sp³-hybridized carbons (Fsp3) is 0.526. The highest BCUT2D eigenvalue weighted by Gasteiger charge is 2.27. The second-order valence-corrected chi connectivity index (χ2v) is 7.09. The molecule has 2 fully saturated rings. The third-order valence-corrected chi connectivity index (χ3v) is 4.93. The Morgan fingerprint density at radius 1 is 1.35 bits per heavy atom. The van der Waals surface area contributed by atoms with E-state index in [2.05, 4.69) is 26.6 Å². The van der Waals surface area contributed by atoms with Crippen LogP contribution in [0.3, 0.4) is 0 Å². The number of carbonyl (C=O) groups excluding carboxylic acids is 1. The molecular formula is C19H25N5O2. The molecule has 138 valence electrons. The second-order valence-electron chi connectivity index (χ2n) is 7.09. The number of H-pyrrole nitrogens is 1. The van der Waals surface area contributed by atoms with E-state index in [4.69, 9.17) is 4.74 Å². The van der Waals surface area contributed by atoms with Gasteiger partial charge in [0.2, 0.25) is 0 Å². The first kappa shape index (κ1) is 17.0. The fourth-order valence-corrected chi connectivity index (χ4v) is 3.29. The first-order chi connectivity index (χ1) is 12.8. The lowest BCUT2D eigenvalue weighted by atomic mass is 10.1. The van der Waals surface area contributed by atoms with Gasteiger partial charge in [-0.1, -0.05) is 6.07 Å². The van der Waals surface area contributed by atoms with Gasteiger partial charge in [0, 0.05) is 25.2 Å². The number of aromatic nitrogens is 3. The molecule has 1 atom stereocenters. The number of aromatic amines is 1. The first-order valence-corrected chi connectivity index (χ1v) is 9.36. The number of urea groups is 1. The highest BCUT2D eigenvalue weighted by Crippen LogP contribution is 2.38. The van der Waals surface area contributed by atoms with Crippen molar-refractivity contribution in [2.24, 2.45) is 0 Å². The van der Waals surface area contributed by atoms with Gasteiger partial charge in [0.05, 0.1) is 36.3 Å². The lowest BCUT2D eigenvalue weighted by molar-refractivity contribution is -0.00168. The normalized spacial score (nSPS) is 20.2. The number of rotatable bonds is 6. The van der Waals surface area contributed by atoms with Crippen molar-refractivity contribution >= 4 is 6.03 Å². The zero-order valence-corrected chi connectivity index (χ0v) is 14.9. The van der Waals surface area contributed by atoms with E-state index in [0.29, 0.717) is 25.6 Å². The Hall–Kier alpha value is -2.41. The third-order valence-electron chi connectivity index (χ3n) is 4.93. The molecule has 2 aliphatic rings. The van der Waals surface area contributed by atoms with Crippen molar-refractivity contribution in [2.75, 3.05) is 13.1 Å². The lowest BCUT2D eigenvalue weighted by Gasteiger charge is -2.32. The van der Waals surface area contributed by atoms with Crippen LogP contribution < -0.4 is 5.32 Å². The first-order valence-electron chi connectivity index (χ1n) is 9.36. The van der Waals surface area contributed by atoms with Crippen molar-refractivity contribution in [3.05, 3.63) is 47.5 Å². The highest BCUT2D eigenvalue weighted by atomic mass is 16.5. The summed E-state index contributed by atoms with van der Waals surface area (Å²) in [4.78, 5) is 18.6. The molecular weight excluding hydrogens is 330 g/mol. The Balaban J connectivity index is 1.23. The molecule has 0 bridgehead atoms. The molecule has 0 aromatic carbocycles. The van der Waals surface area contributed by atoms with E-state index in [9.17, 15) is 4.79 Å². The minimum Gasteiger partial charge on any atom is -0.370 e. The number of hydrogen-bond acceptors (Lipinski definition) is 4. The summed E-state index contributed by atoms with van der Waals surface area (Å²) >= 11 is 0. The maximum atomic E-state index is 12.5. The fourth-order valence-electron chi connectivity index (χ4n) is 3.29. The van der Waals surface area contributed by atoms with Crippen molar-refractivity contribution in [1.82, 2.24) is 25.4 Å². The summed E-state index contributed by atoms with van der Waals surface area (Å²) in [6, 6.07) is 7.82.